The SMILES string of the molecule is CCCCC(O[N+](=O)[O-])C(=O)NC(CSC(=O)CC)C(=O)OCC. The molecule has 9 nitrogen and oxygen atoms in total. The number of ether oxygens (including phenoxy) is 1. The first-order chi connectivity index (χ1) is 11.3. The standard InChI is InChI=1S/C14H24N2O7S/c1-4-7-8-11(23-16(20)21)13(18)15-10(14(19)22-6-3)9-24-12(17)5-2/h10-11H,4-9H2,1-3H3,(H,15,18). The molecule has 0 aliphatic carbocycles. The fourth-order valence-corrected chi connectivity index (χ4v) is 2.46. The Balaban J connectivity index is 4.91. The zero-order chi connectivity index (χ0) is 18.5. The summed E-state index contributed by atoms with van der Waals surface area (Å²) >= 11 is 0.895. The molecule has 0 rings (SSSR count). The molecule has 1 N–H and O–H groups in total. The summed E-state index contributed by atoms with van der Waals surface area (Å²) in [7, 11) is 0. The highest BCUT2D eigenvalue weighted by Gasteiger charge is 2.29. The van der Waals surface area contributed by atoms with Gasteiger partial charge >= 0.3 is 5.97 Å². The van der Waals surface area contributed by atoms with Crippen molar-refractivity contribution in [3.8, 4) is 0 Å². The van der Waals surface area contributed by atoms with Gasteiger partial charge in [0.25, 0.3) is 5.09 Å². The molecule has 0 aliphatic rings. The second kappa shape index (κ2) is 12.6. The highest BCUT2D eigenvalue weighted by atomic mass is 32.2. The van der Waals surface area contributed by atoms with E-state index in [-0.39, 0.29) is 30.3 Å². The Morgan fingerprint density at radius 1 is 1.25 bits per heavy atom. The van der Waals surface area contributed by atoms with Gasteiger partial charge in [-0.25, -0.2) is 4.79 Å². The number of hydrogen-bond donors (Lipinski definition) is 1. The van der Waals surface area contributed by atoms with E-state index in [1.165, 1.54) is 0 Å². The van der Waals surface area contributed by atoms with Crippen LogP contribution < -0.4 is 5.32 Å². The lowest BCUT2D eigenvalue weighted by Gasteiger charge is -2.20. The van der Waals surface area contributed by atoms with Crippen molar-refractivity contribution in [3.63, 3.8) is 0 Å². The van der Waals surface area contributed by atoms with Gasteiger partial charge < -0.3 is 14.9 Å². The molecule has 0 saturated carbocycles. The van der Waals surface area contributed by atoms with Crippen molar-refractivity contribution in [2.75, 3.05) is 12.4 Å². The molecular formula is C14H24N2O7S. The second-order valence-corrected chi connectivity index (χ2v) is 5.89. The van der Waals surface area contributed by atoms with Gasteiger partial charge in [-0.15, -0.1) is 10.1 Å². The van der Waals surface area contributed by atoms with Crippen LogP contribution in [0.2, 0.25) is 0 Å². The first-order valence-electron chi connectivity index (χ1n) is 7.79. The predicted molar refractivity (Wildman–Crippen MR) is 87.7 cm³/mol. The van der Waals surface area contributed by atoms with E-state index >= 15 is 0 Å². The molecule has 0 fully saturated rings. The Labute approximate surface area is 144 Å². The molecule has 0 heterocycles. The summed E-state index contributed by atoms with van der Waals surface area (Å²) in [6, 6.07) is -1.07. The molecule has 0 aromatic rings. The number of thioether (sulfide) groups is 1. The molecule has 0 aliphatic heterocycles. The van der Waals surface area contributed by atoms with Crippen molar-refractivity contribution in [2.45, 2.75) is 58.6 Å². The van der Waals surface area contributed by atoms with Gasteiger partial charge in [-0.1, -0.05) is 38.5 Å². The lowest BCUT2D eigenvalue weighted by Crippen LogP contribution is -2.48. The molecule has 0 saturated heterocycles. The minimum absolute atomic E-state index is 0.00376. The Hall–Kier alpha value is -1.84. The first-order valence-corrected chi connectivity index (χ1v) is 8.77. The van der Waals surface area contributed by atoms with E-state index in [9.17, 15) is 24.5 Å². The summed E-state index contributed by atoms with van der Waals surface area (Å²) in [5, 5.41) is 11.7. The lowest BCUT2D eigenvalue weighted by molar-refractivity contribution is -0.764. The number of nitrogens with zero attached hydrogens (tertiary/aromatic N) is 1. The number of hydrogen-bond acceptors (Lipinski definition) is 8. The van der Waals surface area contributed by atoms with Crippen molar-refractivity contribution in [2.24, 2.45) is 0 Å². The third-order valence-electron chi connectivity index (χ3n) is 2.91. The van der Waals surface area contributed by atoms with Crippen molar-refractivity contribution >= 4 is 28.8 Å². The summed E-state index contributed by atoms with van der Waals surface area (Å²) in [6.07, 6.45) is 0.424. The normalized spacial score (nSPS) is 12.8. The molecule has 1 amide bonds. The van der Waals surface area contributed by atoms with Crippen LogP contribution in [0.25, 0.3) is 0 Å². The van der Waals surface area contributed by atoms with Gasteiger partial charge in [-0.05, 0) is 13.3 Å². The van der Waals surface area contributed by atoms with Crippen LogP contribution >= 0.6 is 11.8 Å². The highest BCUT2D eigenvalue weighted by Crippen LogP contribution is 2.11. The largest absolute Gasteiger partial charge is 0.464 e. The van der Waals surface area contributed by atoms with E-state index < -0.39 is 29.1 Å². The van der Waals surface area contributed by atoms with Gasteiger partial charge in [0.2, 0.25) is 5.91 Å². The number of unbranched alkanes of at least 4 members (excludes halogenated alkanes) is 1. The first kappa shape index (κ1) is 22.2. The molecular weight excluding hydrogens is 340 g/mol. The number of amides is 1. The molecule has 24 heavy (non-hydrogen) atoms. The van der Waals surface area contributed by atoms with Crippen LogP contribution in [0.1, 0.15) is 46.5 Å². The Morgan fingerprint density at radius 3 is 2.42 bits per heavy atom. The van der Waals surface area contributed by atoms with Crippen molar-refractivity contribution < 1.29 is 29.0 Å². The van der Waals surface area contributed by atoms with Gasteiger partial charge in [-0.2, -0.15) is 0 Å². The zero-order valence-electron chi connectivity index (χ0n) is 14.1. The predicted octanol–water partition coefficient (Wildman–Crippen LogP) is 1.47. The molecule has 138 valence electrons. The van der Waals surface area contributed by atoms with E-state index in [0.717, 1.165) is 18.2 Å². The number of nitrogens with one attached hydrogen (secondary N) is 1. The summed E-state index contributed by atoms with van der Waals surface area (Å²) in [6.45, 7) is 5.28. The van der Waals surface area contributed by atoms with Crippen molar-refractivity contribution in [3.05, 3.63) is 10.1 Å². The molecule has 10 heteroatoms. The monoisotopic (exact) mass is 364 g/mol. The average Bonchev–Trinajstić information content (AvgIpc) is 2.54. The molecule has 2 atom stereocenters. The number of carbonyl (C=O) groups is 3. The van der Waals surface area contributed by atoms with E-state index in [1.807, 2.05) is 6.92 Å². The maximum absolute atomic E-state index is 12.2. The molecule has 0 radical (unpaired) electrons. The van der Waals surface area contributed by atoms with Gasteiger partial charge in [0.05, 0.1) is 6.61 Å². The van der Waals surface area contributed by atoms with Gasteiger partial charge in [-0.3, -0.25) is 9.59 Å². The number of carbonyl (C=O) groups excluding carboxylic acids is 3. The topological polar surface area (TPSA) is 125 Å². The molecule has 0 spiro atoms. The van der Waals surface area contributed by atoms with E-state index in [1.54, 1.807) is 13.8 Å². The van der Waals surface area contributed by atoms with Crippen LogP contribution in [0.4, 0.5) is 0 Å². The van der Waals surface area contributed by atoms with Crippen molar-refractivity contribution in [1.82, 2.24) is 5.32 Å². The van der Waals surface area contributed by atoms with Crippen molar-refractivity contribution in [1.29, 1.82) is 0 Å². The highest BCUT2D eigenvalue weighted by molar-refractivity contribution is 8.13. The van der Waals surface area contributed by atoms with Gasteiger partial charge in [0.15, 0.2) is 11.2 Å². The quantitative estimate of drug-likeness (QED) is 0.313. The van der Waals surface area contributed by atoms with E-state index in [0.29, 0.717) is 6.42 Å². The van der Waals surface area contributed by atoms with Crippen LogP contribution in [0.3, 0.4) is 0 Å². The maximum atomic E-state index is 12.2. The van der Waals surface area contributed by atoms with Crippen LogP contribution in [0.15, 0.2) is 0 Å². The van der Waals surface area contributed by atoms with Crippen LogP contribution in [0, 0.1) is 10.1 Å². The minimum Gasteiger partial charge on any atom is -0.464 e. The van der Waals surface area contributed by atoms with E-state index in [2.05, 4.69) is 10.2 Å². The smallest absolute Gasteiger partial charge is 0.329 e. The third-order valence-corrected chi connectivity index (χ3v) is 4.02. The second-order valence-electron chi connectivity index (χ2n) is 4.81. The van der Waals surface area contributed by atoms with Gasteiger partial charge in [0, 0.05) is 12.2 Å². The summed E-state index contributed by atoms with van der Waals surface area (Å²) < 4.78 is 4.86. The average molecular weight is 364 g/mol. The van der Waals surface area contributed by atoms with Gasteiger partial charge in [0.1, 0.15) is 6.04 Å². The summed E-state index contributed by atoms with van der Waals surface area (Å²) in [4.78, 5) is 50.4. The molecule has 0 bridgehead atoms. The third kappa shape index (κ3) is 9.33. The van der Waals surface area contributed by atoms with Crippen LogP contribution in [-0.2, 0) is 24.0 Å². The maximum Gasteiger partial charge on any atom is 0.329 e. The van der Waals surface area contributed by atoms with Crippen LogP contribution in [0.5, 0.6) is 0 Å². The Morgan fingerprint density at radius 2 is 1.92 bits per heavy atom. The Kier molecular flexibility index (Phi) is 11.6. The zero-order valence-corrected chi connectivity index (χ0v) is 14.9. The Bertz CT molecular complexity index is 445. The van der Waals surface area contributed by atoms with E-state index in [4.69, 9.17) is 4.74 Å². The fourth-order valence-electron chi connectivity index (χ4n) is 1.68. The number of rotatable bonds is 12. The molecule has 0 aromatic heterocycles. The lowest BCUT2D eigenvalue weighted by atomic mass is 10.1. The fraction of sp³-hybridized carbons (Fsp3) is 0.786. The molecule has 2 unspecified atom stereocenters. The summed E-state index contributed by atoms with van der Waals surface area (Å²) in [5.74, 6) is -1.48. The summed E-state index contributed by atoms with van der Waals surface area (Å²) in [5.41, 5.74) is 0. The molecule has 0 aromatic carbocycles. The minimum atomic E-state index is -1.30. The van der Waals surface area contributed by atoms with Crippen LogP contribution in [-0.4, -0.2) is 46.6 Å². The number of esters is 1.